The van der Waals surface area contributed by atoms with Crippen LogP contribution >= 0.6 is 11.7 Å². The maximum Gasteiger partial charge on any atom is 0.306 e. The molecule has 0 saturated heterocycles. The second-order valence-corrected chi connectivity index (χ2v) is 5.93. The fourth-order valence-electron chi connectivity index (χ4n) is 2.75. The van der Waals surface area contributed by atoms with Gasteiger partial charge in [0.1, 0.15) is 5.52 Å². The monoisotopic (exact) mass is 336 g/mol. The largest absolute Gasteiger partial charge is 0.481 e. The molecule has 2 atom stereocenters. The van der Waals surface area contributed by atoms with Gasteiger partial charge in [-0.2, -0.15) is 8.75 Å². The Hall–Kier alpha value is -2.62. The van der Waals surface area contributed by atoms with Gasteiger partial charge in [0.2, 0.25) is 0 Å². The maximum atomic E-state index is 12.3. The van der Waals surface area contributed by atoms with Crippen LogP contribution in [0.15, 0.2) is 12.1 Å². The number of rotatable bonds is 4. The lowest BCUT2D eigenvalue weighted by Gasteiger charge is -2.12. The van der Waals surface area contributed by atoms with Crippen molar-refractivity contribution in [2.24, 2.45) is 5.92 Å². The molecule has 0 spiro atoms. The van der Waals surface area contributed by atoms with Gasteiger partial charge in [0.05, 0.1) is 22.6 Å². The number of aromatic nitrogens is 2. The first-order chi connectivity index (χ1) is 11.0. The molecule has 1 fully saturated rings. The molecule has 1 saturated carbocycles. The third-order valence-electron chi connectivity index (χ3n) is 3.92. The Labute approximate surface area is 133 Å². The second-order valence-electron chi connectivity index (χ2n) is 5.40. The molecule has 9 nitrogen and oxygen atoms in total. The van der Waals surface area contributed by atoms with Gasteiger partial charge in [0, 0.05) is 17.7 Å². The van der Waals surface area contributed by atoms with Crippen LogP contribution in [0.2, 0.25) is 0 Å². The van der Waals surface area contributed by atoms with Crippen molar-refractivity contribution in [2.45, 2.75) is 25.3 Å². The van der Waals surface area contributed by atoms with E-state index in [-0.39, 0.29) is 22.8 Å². The number of hydrogen-bond acceptors (Lipinski definition) is 7. The van der Waals surface area contributed by atoms with Crippen LogP contribution in [0.3, 0.4) is 0 Å². The van der Waals surface area contributed by atoms with Gasteiger partial charge in [0.15, 0.2) is 5.52 Å². The molecule has 0 unspecified atom stereocenters. The number of carboxylic acid groups (broad SMARTS) is 1. The number of nitrogens with one attached hydrogen (secondary N) is 1. The minimum absolute atomic E-state index is 0.121. The Morgan fingerprint density at radius 1 is 1.35 bits per heavy atom. The fourth-order valence-corrected chi connectivity index (χ4v) is 3.29. The number of fused-ring (bicyclic) bond motifs is 1. The number of aliphatic carboxylic acids is 1. The van der Waals surface area contributed by atoms with E-state index in [2.05, 4.69) is 14.1 Å². The summed E-state index contributed by atoms with van der Waals surface area (Å²) in [6.07, 6.45) is 1.45. The van der Waals surface area contributed by atoms with Gasteiger partial charge in [-0.05, 0) is 25.3 Å². The average molecular weight is 336 g/mol. The molecule has 2 aromatic rings. The number of nitro benzene ring substituents is 1. The average Bonchev–Trinajstić information content (AvgIpc) is 3.14. The Morgan fingerprint density at radius 2 is 2.13 bits per heavy atom. The van der Waals surface area contributed by atoms with E-state index in [1.54, 1.807) is 0 Å². The molecule has 23 heavy (non-hydrogen) atoms. The van der Waals surface area contributed by atoms with Crippen LogP contribution in [0.4, 0.5) is 5.69 Å². The molecule has 10 heteroatoms. The predicted molar refractivity (Wildman–Crippen MR) is 80.3 cm³/mol. The summed E-state index contributed by atoms with van der Waals surface area (Å²) in [6, 6.07) is 2.37. The summed E-state index contributed by atoms with van der Waals surface area (Å²) in [5.41, 5.74) is 0.305. The van der Waals surface area contributed by atoms with E-state index in [0.717, 1.165) is 11.7 Å². The third-order valence-corrected chi connectivity index (χ3v) is 4.46. The van der Waals surface area contributed by atoms with Crippen molar-refractivity contribution in [1.29, 1.82) is 0 Å². The molecule has 0 bridgehead atoms. The summed E-state index contributed by atoms with van der Waals surface area (Å²) in [5.74, 6) is -1.80. The van der Waals surface area contributed by atoms with Gasteiger partial charge in [-0.25, -0.2) is 0 Å². The van der Waals surface area contributed by atoms with Crippen LogP contribution in [0.25, 0.3) is 11.0 Å². The van der Waals surface area contributed by atoms with Gasteiger partial charge in [-0.15, -0.1) is 0 Å². The van der Waals surface area contributed by atoms with Crippen LogP contribution in [0.5, 0.6) is 0 Å². The number of nitrogens with zero attached hydrogens (tertiary/aromatic N) is 3. The fraction of sp³-hybridized carbons (Fsp3) is 0.385. The van der Waals surface area contributed by atoms with E-state index in [4.69, 9.17) is 5.11 Å². The standard InChI is InChI=1S/C13H12N4O5S/c18-12(14-8-2-1-6(3-8)13(19)20)7-4-9-11(16-23-15-9)10(5-7)17(21)22/h4-6,8H,1-3H2,(H,14,18)(H,19,20)/t6-,8+/m1/s1. The van der Waals surface area contributed by atoms with Crippen LogP contribution in [0, 0.1) is 16.0 Å². The number of nitro groups is 1. The molecular weight excluding hydrogens is 324 g/mol. The first-order valence-electron chi connectivity index (χ1n) is 6.90. The SMILES string of the molecule is O=C(N[C@H]1CC[C@@H](C(=O)O)C1)c1cc([N+](=O)[O-])c2nsnc2c1. The first kappa shape index (κ1) is 15.3. The quantitative estimate of drug-likeness (QED) is 0.639. The van der Waals surface area contributed by atoms with Crippen LogP contribution in [-0.2, 0) is 4.79 Å². The molecule has 1 amide bonds. The molecule has 2 N–H and O–H groups in total. The highest BCUT2D eigenvalue weighted by Crippen LogP contribution is 2.28. The van der Waals surface area contributed by atoms with Gasteiger partial charge in [0.25, 0.3) is 11.6 Å². The molecule has 120 valence electrons. The lowest BCUT2D eigenvalue weighted by atomic mass is 10.1. The van der Waals surface area contributed by atoms with E-state index in [9.17, 15) is 19.7 Å². The van der Waals surface area contributed by atoms with Crippen molar-refractivity contribution in [3.05, 3.63) is 27.8 Å². The molecule has 0 aliphatic heterocycles. The minimum atomic E-state index is -0.868. The molecule has 1 heterocycles. The Balaban J connectivity index is 1.81. The molecular formula is C13H12N4O5S. The maximum absolute atomic E-state index is 12.3. The van der Waals surface area contributed by atoms with E-state index >= 15 is 0 Å². The van der Waals surface area contributed by atoms with E-state index in [1.165, 1.54) is 12.1 Å². The Morgan fingerprint density at radius 3 is 2.78 bits per heavy atom. The zero-order chi connectivity index (χ0) is 16.6. The van der Waals surface area contributed by atoms with Gasteiger partial charge < -0.3 is 10.4 Å². The number of benzene rings is 1. The summed E-state index contributed by atoms with van der Waals surface area (Å²) in [6.45, 7) is 0. The third kappa shape index (κ3) is 2.97. The number of carbonyl (C=O) groups is 2. The van der Waals surface area contributed by atoms with E-state index in [0.29, 0.717) is 24.8 Å². The topological polar surface area (TPSA) is 135 Å². The molecule has 1 aliphatic rings. The molecule has 1 aliphatic carbocycles. The number of hydrogen-bond donors (Lipinski definition) is 2. The molecule has 3 rings (SSSR count). The number of carboxylic acids is 1. The lowest BCUT2D eigenvalue weighted by molar-refractivity contribution is -0.383. The molecule has 1 aromatic carbocycles. The highest BCUT2D eigenvalue weighted by atomic mass is 32.1. The number of carbonyl (C=O) groups excluding carboxylic acids is 1. The molecule has 1 aromatic heterocycles. The zero-order valence-electron chi connectivity index (χ0n) is 11.8. The summed E-state index contributed by atoms with van der Waals surface area (Å²) in [4.78, 5) is 33.7. The van der Waals surface area contributed by atoms with Crippen LogP contribution < -0.4 is 5.32 Å². The van der Waals surface area contributed by atoms with Gasteiger partial charge in [-0.1, -0.05) is 0 Å². The highest BCUT2D eigenvalue weighted by molar-refractivity contribution is 7.00. The number of amides is 1. The number of non-ortho nitro benzene ring substituents is 1. The second kappa shape index (κ2) is 5.88. The minimum Gasteiger partial charge on any atom is -0.481 e. The lowest BCUT2D eigenvalue weighted by Crippen LogP contribution is -2.33. The summed E-state index contributed by atoms with van der Waals surface area (Å²) in [5, 5.41) is 22.8. The smallest absolute Gasteiger partial charge is 0.306 e. The molecule has 0 radical (unpaired) electrons. The van der Waals surface area contributed by atoms with Crippen molar-refractivity contribution in [3.8, 4) is 0 Å². The Bertz CT molecular complexity index is 805. The van der Waals surface area contributed by atoms with Crippen LogP contribution in [0.1, 0.15) is 29.6 Å². The van der Waals surface area contributed by atoms with E-state index < -0.39 is 22.7 Å². The Kier molecular flexibility index (Phi) is 3.90. The van der Waals surface area contributed by atoms with Crippen molar-refractivity contribution in [2.75, 3.05) is 0 Å². The summed E-state index contributed by atoms with van der Waals surface area (Å²) in [7, 11) is 0. The summed E-state index contributed by atoms with van der Waals surface area (Å²) >= 11 is 0.840. The van der Waals surface area contributed by atoms with Gasteiger partial charge >= 0.3 is 5.97 Å². The highest BCUT2D eigenvalue weighted by Gasteiger charge is 2.31. The predicted octanol–water partition coefficient (Wildman–Crippen LogP) is 1.58. The summed E-state index contributed by atoms with van der Waals surface area (Å²) < 4.78 is 7.81. The van der Waals surface area contributed by atoms with Crippen molar-refractivity contribution in [1.82, 2.24) is 14.1 Å². The van der Waals surface area contributed by atoms with E-state index in [1.807, 2.05) is 0 Å². The first-order valence-corrected chi connectivity index (χ1v) is 7.63. The van der Waals surface area contributed by atoms with Crippen molar-refractivity contribution < 1.29 is 19.6 Å². The van der Waals surface area contributed by atoms with Crippen molar-refractivity contribution in [3.63, 3.8) is 0 Å². The zero-order valence-corrected chi connectivity index (χ0v) is 12.6. The van der Waals surface area contributed by atoms with Crippen LogP contribution in [-0.4, -0.2) is 36.7 Å². The normalized spacial score (nSPS) is 20.5. The van der Waals surface area contributed by atoms with Gasteiger partial charge in [-0.3, -0.25) is 19.7 Å². The van der Waals surface area contributed by atoms with Crippen molar-refractivity contribution >= 4 is 40.3 Å².